The van der Waals surface area contributed by atoms with E-state index < -0.39 is 5.69 Å². The van der Waals surface area contributed by atoms with Crippen molar-refractivity contribution in [3.63, 3.8) is 0 Å². The van der Waals surface area contributed by atoms with Crippen molar-refractivity contribution >= 4 is 22.8 Å². The fraction of sp³-hybridized carbons (Fsp3) is 0.429. The molecule has 0 saturated carbocycles. The fourth-order valence-electron chi connectivity index (χ4n) is 3.73. The van der Waals surface area contributed by atoms with Crippen LogP contribution in [0.2, 0.25) is 0 Å². The normalized spacial score (nSPS) is 16.1. The van der Waals surface area contributed by atoms with Crippen LogP contribution >= 0.6 is 0 Å². The van der Waals surface area contributed by atoms with Crippen LogP contribution in [0.3, 0.4) is 0 Å². The predicted molar refractivity (Wildman–Crippen MR) is 117 cm³/mol. The van der Waals surface area contributed by atoms with Crippen molar-refractivity contribution in [2.24, 2.45) is 12.1 Å². The van der Waals surface area contributed by atoms with Gasteiger partial charge in [0.25, 0.3) is 5.56 Å². The molecule has 30 heavy (non-hydrogen) atoms. The zero-order valence-corrected chi connectivity index (χ0v) is 17.9. The number of hydrazone groups is 1. The minimum atomic E-state index is -0.391. The summed E-state index contributed by atoms with van der Waals surface area (Å²) in [6.45, 7) is 7.07. The fourth-order valence-corrected chi connectivity index (χ4v) is 3.73. The van der Waals surface area contributed by atoms with Gasteiger partial charge in [-0.3, -0.25) is 18.5 Å². The monoisotopic (exact) mass is 410 g/mol. The van der Waals surface area contributed by atoms with E-state index in [-0.39, 0.29) is 18.1 Å². The van der Waals surface area contributed by atoms with Gasteiger partial charge in [-0.25, -0.2) is 9.80 Å². The van der Waals surface area contributed by atoms with Crippen molar-refractivity contribution in [1.29, 1.82) is 0 Å². The second-order valence-electron chi connectivity index (χ2n) is 7.71. The summed E-state index contributed by atoms with van der Waals surface area (Å²) in [6.07, 6.45) is 0. The van der Waals surface area contributed by atoms with Crippen LogP contribution in [-0.2, 0) is 18.3 Å². The van der Waals surface area contributed by atoms with Crippen LogP contribution in [0, 0.1) is 6.92 Å². The maximum absolute atomic E-state index is 13.5. The predicted octanol–water partition coefficient (Wildman–Crippen LogP) is 1.66. The van der Waals surface area contributed by atoms with Crippen molar-refractivity contribution in [3.8, 4) is 0 Å². The molecule has 9 nitrogen and oxygen atoms in total. The van der Waals surface area contributed by atoms with Gasteiger partial charge in [0.1, 0.15) is 0 Å². The zero-order chi connectivity index (χ0) is 21.6. The second kappa shape index (κ2) is 7.56. The molecule has 0 amide bonds. The number of hydrogen-bond donors (Lipinski definition) is 0. The molecule has 0 N–H and O–H groups in total. The van der Waals surface area contributed by atoms with E-state index in [4.69, 9.17) is 4.74 Å². The molecule has 0 saturated heterocycles. The first-order valence-corrected chi connectivity index (χ1v) is 9.92. The first kappa shape index (κ1) is 20.1. The van der Waals surface area contributed by atoms with Crippen LogP contribution in [0.15, 0.2) is 39.0 Å². The summed E-state index contributed by atoms with van der Waals surface area (Å²) in [7, 11) is 3.27. The van der Waals surface area contributed by atoms with Crippen LogP contribution in [0.1, 0.15) is 31.0 Å². The summed E-state index contributed by atoms with van der Waals surface area (Å²) in [4.78, 5) is 31.1. The molecule has 0 aliphatic carbocycles. The molecular weight excluding hydrogens is 384 g/mol. The van der Waals surface area contributed by atoms with Gasteiger partial charge in [0.2, 0.25) is 5.95 Å². The Labute approximate surface area is 173 Å². The van der Waals surface area contributed by atoms with Crippen molar-refractivity contribution < 1.29 is 4.74 Å². The SMILES string of the molecule is COCCN1N=C(C)[C@H](C)n2c1nc1c2c(=O)n(Cc2ccc(C)cc2)c(=O)n1C. The molecule has 0 bridgehead atoms. The molecular formula is C21H26N6O3. The van der Waals surface area contributed by atoms with E-state index in [9.17, 15) is 9.59 Å². The third-order valence-corrected chi connectivity index (χ3v) is 5.63. The number of nitrogens with zero attached hydrogens (tertiary/aromatic N) is 6. The van der Waals surface area contributed by atoms with Crippen LogP contribution in [-0.4, -0.2) is 44.7 Å². The maximum Gasteiger partial charge on any atom is 0.332 e. The molecule has 3 aromatic rings. The van der Waals surface area contributed by atoms with E-state index in [0.717, 1.165) is 16.8 Å². The van der Waals surface area contributed by atoms with Crippen molar-refractivity contribution in [3.05, 3.63) is 56.2 Å². The molecule has 1 aliphatic rings. The number of fused-ring (bicyclic) bond motifs is 3. The van der Waals surface area contributed by atoms with Gasteiger partial charge in [0.05, 0.1) is 31.4 Å². The number of methoxy groups -OCH3 is 1. The number of benzene rings is 1. The summed E-state index contributed by atoms with van der Waals surface area (Å²) in [5, 5.41) is 6.34. The number of aryl methyl sites for hydroxylation is 2. The van der Waals surface area contributed by atoms with E-state index in [2.05, 4.69) is 10.1 Å². The standard InChI is InChI=1S/C21H26N6O3/c1-13-6-8-16(9-7-13)12-25-19(28)17-18(24(4)21(25)29)22-20-26(10-11-30-5)23-14(2)15(3)27(17)20/h6-9,15H,10-12H2,1-5H3/t15-/m0/s1. The molecule has 0 radical (unpaired) electrons. The lowest BCUT2D eigenvalue weighted by atomic mass is 10.1. The zero-order valence-electron chi connectivity index (χ0n) is 17.9. The van der Waals surface area contributed by atoms with Crippen molar-refractivity contribution in [1.82, 2.24) is 18.7 Å². The third-order valence-electron chi connectivity index (χ3n) is 5.63. The summed E-state index contributed by atoms with van der Waals surface area (Å²) < 4.78 is 9.77. The van der Waals surface area contributed by atoms with Gasteiger partial charge in [0, 0.05) is 14.2 Å². The second-order valence-corrected chi connectivity index (χ2v) is 7.71. The van der Waals surface area contributed by atoms with E-state index in [1.165, 1.54) is 9.13 Å². The van der Waals surface area contributed by atoms with E-state index in [1.54, 1.807) is 19.2 Å². The average Bonchev–Trinajstić information content (AvgIpc) is 3.14. The highest BCUT2D eigenvalue weighted by molar-refractivity contribution is 5.91. The summed E-state index contributed by atoms with van der Waals surface area (Å²) in [5.41, 5.74) is 2.90. The van der Waals surface area contributed by atoms with E-state index in [0.29, 0.717) is 30.3 Å². The molecule has 4 rings (SSSR count). The molecule has 1 atom stereocenters. The van der Waals surface area contributed by atoms with Crippen LogP contribution in [0.5, 0.6) is 0 Å². The highest BCUT2D eigenvalue weighted by Gasteiger charge is 2.30. The Balaban J connectivity index is 1.93. The first-order valence-electron chi connectivity index (χ1n) is 9.92. The van der Waals surface area contributed by atoms with Gasteiger partial charge in [-0.15, -0.1) is 0 Å². The number of anilines is 1. The molecule has 0 fully saturated rings. The lowest BCUT2D eigenvalue weighted by molar-refractivity contribution is 0.204. The van der Waals surface area contributed by atoms with Gasteiger partial charge in [0.15, 0.2) is 11.2 Å². The van der Waals surface area contributed by atoms with Crippen molar-refractivity contribution in [2.45, 2.75) is 33.4 Å². The number of hydrogen-bond acceptors (Lipinski definition) is 6. The van der Waals surface area contributed by atoms with Gasteiger partial charge in [-0.1, -0.05) is 29.8 Å². The van der Waals surface area contributed by atoms with Crippen LogP contribution in [0.25, 0.3) is 11.2 Å². The lowest BCUT2D eigenvalue weighted by Gasteiger charge is -2.28. The Kier molecular flexibility index (Phi) is 5.07. The Morgan fingerprint density at radius 1 is 1.13 bits per heavy atom. The smallest absolute Gasteiger partial charge is 0.332 e. The Bertz CT molecular complexity index is 1250. The minimum absolute atomic E-state index is 0.151. The van der Waals surface area contributed by atoms with Crippen LogP contribution in [0.4, 0.5) is 5.95 Å². The Morgan fingerprint density at radius 3 is 2.50 bits per heavy atom. The number of ether oxygens (including phenoxy) is 1. The molecule has 2 aromatic heterocycles. The number of aromatic nitrogens is 4. The van der Waals surface area contributed by atoms with Gasteiger partial charge in [-0.05, 0) is 26.3 Å². The van der Waals surface area contributed by atoms with E-state index >= 15 is 0 Å². The highest BCUT2D eigenvalue weighted by Crippen LogP contribution is 2.29. The van der Waals surface area contributed by atoms with Gasteiger partial charge < -0.3 is 4.74 Å². The van der Waals surface area contributed by atoms with Crippen LogP contribution < -0.4 is 16.3 Å². The topological polar surface area (TPSA) is 86.7 Å². The lowest BCUT2D eigenvalue weighted by Crippen LogP contribution is -2.40. The van der Waals surface area contributed by atoms with Gasteiger partial charge >= 0.3 is 5.69 Å². The molecule has 9 heteroatoms. The minimum Gasteiger partial charge on any atom is -0.383 e. The molecule has 1 aliphatic heterocycles. The number of rotatable bonds is 5. The van der Waals surface area contributed by atoms with E-state index in [1.807, 2.05) is 49.6 Å². The molecule has 1 aromatic carbocycles. The molecule has 158 valence electrons. The third kappa shape index (κ3) is 3.15. The Morgan fingerprint density at radius 2 is 1.83 bits per heavy atom. The summed E-state index contributed by atoms with van der Waals surface area (Å²) >= 11 is 0. The number of imidazole rings is 1. The summed E-state index contributed by atoms with van der Waals surface area (Å²) in [6, 6.07) is 7.66. The molecule has 3 heterocycles. The molecule has 0 unspecified atom stereocenters. The highest BCUT2D eigenvalue weighted by atomic mass is 16.5. The largest absolute Gasteiger partial charge is 0.383 e. The summed E-state index contributed by atoms with van der Waals surface area (Å²) in [5.74, 6) is 0.542. The first-order chi connectivity index (χ1) is 14.3. The Hall–Kier alpha value is -3.20. The van der Waals surface area contributed by atoms with Gasteiger partial charge in [-0.2, -0.15) is 10.1 Å². The molecule has 0 spiro atoms. The van der Waals surface area contributed by atoms with Crippen molar-refractivity contribution in [2.75, 3.05) is 25.3 Å². The average molecular weight is 410 g/mol. The maximum atomic E-state index is 13.5. The quantitative estimate of drug-likeness (QED) is 0.638.